The molecule has 25 heavy (non-hydrogen) atoms. The van der Waals surface area contributed by atoms with Crippen LogP contribution in [0.15, 0.2) is 64.4 Å². The molecule has 0 spiro atoms. The first-order valence-corrected chi connectivity index (χ1v) is 9.82. The van der Waals surface area contributed by atoms with Crippen molar-refractivity contribution in [3.8, 4) is 11.6 Å². The molecular formula is C18H19N3O3S. The van der Waals surface area contributed by atoms with E-state index < -0.39 is 9.84 Å². The van der Waals surface area contributed by atoms with E-state index in [0.717, 1.165) is 19.3 Å². The van der Waals surface area contributed by atoms with Crippen LogP contribution in [-0.4, -0.2) is 29.4 Å². The molecule has 0 unspecified atom stereocenters. The minimum atomic E-state index is -3.56. The number of unbranched alkanes of at least 4 members (excludes halogenated alkanes) is 2. The van der Waals surface area contributed by atoms with Crippen LogP contribution in [-0.2, 0) is 16.3 Å². The van der Waals surface area contributed by atoms with Crippen LogP contribution < -0.4 is 0 Å². The predicted octanol–water partition coefficient (Wildman–Crippen LogP) is 3.32. The number of pyridine rings is 1. The molecule has 2 heterocycles. The van der Waals surface area contributed by atoms with Crippen LogP contribution >= 0.6 is 0 Å². The minimum Gasteiger partial charge on any atom is -0.406 e. The number of aryl methyl sites for hydroxylation is 1. The Bertz CT molecular complexity index is 894. The maximum Gasteiger partial charge on any atom is 0.335 e. The van der Waals surface area contributed by atoms with Gasteiger partial charge in [0.05, 0.1) is 5.75 Å². The highest BCUT2D eigenvalue weighted by Gasteiger charge is 2.22. The van der Waals surface area contributed by atoms with Crippen LogP contribution in [0.1, 0.15) is 24.8 Å². The number of rotatable bonds is 8. The first-order valence-electron chi connectivity index (χ1n) is 8.17. The summed E-state index contributed by atoms with van der Waals surface area (Å²) in [4.78, 5) is 4.07. The van der Waals surface area contributed by atoms with E-state index in [-0.39, 0.29) is 16.9 Å². The maximum absolute atomic E-state index is 12.3. The van der Waals surface area contributed by atoms with E-state index in [9.17, 15) is 8.42 Å². The van der Waals surface area contributed by atoms with Gasteiger partial charge in [0, 0.05) is 6.20 Å². The summed E-state index contributed by atoms with van der Waals surface area (Å²) in [5.74, 6) is 0.120. The lowest BCUT2D eigenvalue weighted by atomic mass is 10.1. The fourth-order valence-corrected chi connectivity index (χ4v) is 3.59. The Morgan fingerprint density at radius 3 is 2.44 bits per heavy atom. The highest BCUT2D eigenvalue weighted by molar-refractivity contribution is 7.91. The van der Waals surface area contributed by atoms with E-state index in [1.54, 1.807) is 24.4 Å². The Labute approximate surface area is 146 Å². The second-order valence-electron chi connectivity index (χ2n) is 5.70. The number of sulfone groups is 1. The molecule has 0 amide bonds. The molecule has 0 saturated carbocycles. The molecule has 0 fully saturated rings. The topological polar surface area (TPSA) is 86.0 Å². The molecule has 3 rings (SSSR count). The van der Waals surface area contributed by atoms with Gasteiger partial charge in [0.25, 0.3) is 5.89 Å². The smallest absolute Gasteiger partial charge is 0.335 e. The lowest BCUT2D eigenvalue weighted by molar-refractivity contribution is 0.438. The van der Waals surface area contributed by atoms with E-state index in [0.29, 0.717) is 12.1 Å². The van der Waals surface area contributed by atoms with Gasteiger partial charge in [0.1, 0.15) is 5.69 Å². The van der Waals surface area contributed by atoms with E-state index in [1.807, 2.05) is 18.2 Å². The van der Waals surface area contributed by atoms with Gasteiger partial charge in [0.2, 0.25) is 9.84 Å². The fraction of sp³-hybridized carbons (Fsp3) is 0.278. The lowest BCUT2D eigenvalue weighted by Gasteiger charge is -2.02. The van der Waals surface area contributed by atoms with Gasteiger partial charge in [-0.15, -0.1) is 5.10 Å². The molecule has 0 N–H and O–H groups in total. The van der Waals surface area contributed by atoms with Gasteiger partial charge in [-0.2, -0.15) is 0 Å². The molecule has 0 atom stereocenters. The quantitative estimate of drug-likeness (QED) is 0.575. The molecule has 7 heteroatoms. The van der Waals surface area contributed by atoms with Crippen LogP contribution in [0.5, 0.6) is 0 Å². The average molecular weight is 357 g/mol. The number of benzene rings is 1. The molecule has 0 aliphatic heterocycles. The molecule has 0 aliphatic carbocycles. The summed E-state index contributed by atoms with van der Waals surface area (Å²) in [5, 5.41) is 7.11. The summed E-state index contributed by atoms with van der Waals surface area (Å²) >= 11 is 0. The van der Waals surface area contributed by atoms with E-state index in [2.05, 4.69) is 27.3 Å². The second kappa shape index (κ2) is 8.02. The summed E-state index contributed by atoms with van der Waals surface area (Å²) in [6, 6.07) is 15.4. The second-order valence-corrected chi connectivity index (χ2v) is 7.69. The number of hydrogen-bond acceptors (Lipinski definition) is 6. The van der Waals surface area contributed by atoms with Gasteiger partial charge >= 0.3 is 5.22 Å². The Hall–Kier alpha value is -2.54. The summed E-state index contributed by atoms with van der Waals surface area (Å²) in [6.07, 6.45) is 4.88. The Morgan fingerprint density at radius 2 is 1.68 bits per heavy atom. The summed E-state index contributed by atoms with van der Waals surface area (Å²) < 4.78 is 29.9. The largest absolute Gasteiger partial charge is 0.406 e. The summed E-state index contributed by atoms with van der Waals surface area (Å²) in [7, 11) is -3.56. The molecule has 1 aromatic carbocycles. The Morgan fingerprint density at radius 1 is 0.880 bits per heavy atom. The fourth-order valence-electron chi connectivity index (χ4n) is 2.46. The molecule has 0 bridgehead atoms. The minimum absolute atomic E-state index is 0.00560. The summed E-state index contributed by atoms with van der Waals surface area (Å²) in [5.41, 5.74) is 1.72. The van der Waals surface area contributed by atoms with Crippen molar-refractivity contribution in [3.05, 3.63) is 60.3 Å². The monoisotopic (exact) mass is 357 g/mol. The van der Waals surface area contributed by atoms with Crippen LogP contribution in [0.25, 0.3) is 11.6 Å². The van der Waals surface area contributed by atoms with Crippen LogP contribution in [0.3, 0.4) is 0 Å². The van der Waals surface area contributed by atoms with Crippen molar-refractivity contribution in [1.82, 2.24) is 15.2 Å². The van der Waals surface area contributed by atoms with E-state index in [4.69, 9.17) is 4.42 Å². The van der Waals surface area contributed by atoms with Crippen LogP contribution in [0.2, 0.25) is 0 Å². The van der Waals surface area contributed by atoms with Gasteiger partial charge < -0.3 is 4.42 Å². The number of nitrogens with zero attached hydrogens (tertiary/aromatic N) is 3. The Kier molecular flexibility index (Phi) is 5.55. The van der Waals surface area contributed by atoms with Crippen LogP contribution in [0, 0.1) is 0 Å². The predicted molar refractivity (Wildman–Crippen MR) is 93.6 cm³/mol. The van der Waals surface area contributed by atoms with Gasteiger partial charge in [-0.25, -0.2) is 8.42 Å². The number of hydrogen-bond donors (Lipinski definition) is 0. The third-order valence-electron chi connectivity index (χ3n) is 3.78. The SMILES string of the molecule is O=S(=O)(CCCCCc1ccccc1)c1nnc(-c2ccccn2)o1. The third kappa shape index (κ3) is 4.73. The molecular weight excluding hydrogens is 338 g/mol. The molecule has 0 aliphatic rings. The third-order valence-corrected chi connectivity index (χ3v) is 5.30. The zero-order valence-electron chi connectivity index (χ0n) is 13.7. The molecule has 2 aromatic heterocycles. The van der Waals surface area contributed by atoms with Crippen LogP contribution in [0.4, 0.5) is 0 Å². The van der Waals surface area contributed by atoms with Crippen molar-refractivity contribution >= 4 is 9.84 Å². The molecule has 3 aromatic rings. The molecule has 130 valence electrons. The zero-order valence-corrected chi connectivity index (χ0v) is 14.5. The normalized spacial score (nSPS) is 11.5. The Balaban J connectivity index is 1.51. The van der Waals surface area contributed by atoms with Crippen molar-refractivity contribution in [2.75, 3.05) is 5.75 Å². The average Bonchev–Trinajstić information content (AvgIpc) is 3.14. The first kappa shape index (κ1) is 17.3. The van der Waals surface area contributed by atoms with Crippen molar-refractivity contribution < 1.29 is 12.8 Å². The zero-order chi connectivity index (χ0) is 17.5. The van der Waals surface area contributed by atoms with Crippen molar-refractivity contribution in [2.45, 2.75) is 30.9 Å². The van der Waals surface area contributed by atoms with Gasteiger partial charge in [-0.05, 0) is 37.0 Å². The van der Waals surface area contributed by atoms with E-state index in [1.165, 1.54) is 5.56 Å². The van der Waals surface area contributed by atoms with Gasteiger partial charge in [-0.3, -0.25) is 4.98 Å². The molecule has 0 radical (unpaired) electrons. The number of aromatic nitrogens is 3. The summed E-state index contributed by atoms with van der Waals surface area (Å²) in [6.45, 7) is 0. The van der Waals surface area contributed by atoms with Gasteiger partial charge in [0.15, 0.2) is 0 Å². The highest BCUT2D eigenvalue weighted by Crippen LogP contribution is 2.19. The van der Waals surface area contributed by atoms with Gasteiger partial charge in [-0.1, -0.05) is 47.9 Å². The van der Waals surface area contributed by atoms with Crippen molar-refractivity contribution in [3.63, 3.8) is 0 Å². The highest BCUT2D eigenvalue weighted by atomic mass is 32.2. The lowest BCUT2D eigenvalue weighted by Crippen LogP contribution is -2.07. The molecule has 0 saturated heterocycles. The standard InChI is InChI=1S/C18H19N3O3S/c22-25(23,14-8-2-5-11-15-9-3-1-4-10-15)18-21-20-17(24-18)16-12-6-7-13-19-16/h1,3-4,6-7,9-10,12-13H,2,5,8,11,14H2. The van der Waals surface area contributed by atoms with Crippen molar-refractivity contribution in [1.29, 1.82) is 0 Å². The first-order chi connectivity index (χ1) is 12.1. The van der Waals surface area contributed by atoms with E-state index >= 15 is 0 Å². The maximum atomic E-state index is 12.3. The molecule has 6 nitrogen and oxygen atoms in total. The van der Waals surface area contributed by atoms with Crippen molar-refractivity contribution in [2.24, 2.45) is 0 Å².